The van der Waals surface area contributed by atoms with E-state index in [1.165, 1.54) is 141 Å². The summed E-state index contributed by atoms with van der Waals surface area (Å²) in [5.41, 5.74) is 1.91. The highest BCUT2D eigenvalue weighted by Gasteiger charge is 2.19. The van der Waals surface area contributed by atoms with Gasteiger partial charge in [0.25, 0.3) is 0 Å². The summed E-state index contributed by atoms with van der Waals surface area (Å²) < 4.78 is 0. The van der Waals surface area contributed by atoms with E-state index in [0.29, 0.717) is 12.8 Å². The molecule has 1 aromatic carbocycles. The molecule has 0 radical (unpaired) electrons. The van der Waals surface area contributed by atoms with E-state index in [0.717, 1.165) is 76.1 Å². The Labute approximate surface area is 336 Å². The molecule has 1 aromatic rings. The summed E-state index contributed by atoms with van der Waals surface area (Å²) >= 11 is 0. The minimum atomic E-state index is 0.228. The molecule has 0 aromatic heterocycles. The first-order chi connectivity index (χ1) is 26.3. The van der Waals surface area contributed by atoms with Gasteiger partial charge >= 0.3 is 0 Å². The van der Waals surface area contributed by atoms with Gasteiger partial charge in [0.2, 0.25) is 11.8 Å². The van der Waals surface area contributed by atoms with Gasteiger partial charge in [-0.3, -0.25) is 9.59 Å². The van der Waals surface area contributed by atoms with Crippen LogP contribution in [0.2, 0.25) is 0 Å². The minimum absolute atomic E-state index is 0.228. The molecule has 314 valence electrons. The van der Waals surface area contributed by atoms with E-state index in [1.807, 2.05) is 9.80 Å². The lowest BCUT2D eigenvalue weighted by Gasteiger charge is -2.27. The Morgan fingerprint density at radius 2 is 0.593 bits per heavy atom. The lowest BCUT2D eigenvalue weighted by Crippen LogP contribution is -2.34. The number of carbonyl (C=O) groups excluding carboxylic acids is 2. The van der Waals surface area contributed by atoms with Crippen LogP contribution in [0.3, 0.4) is 0 Å². The van der Waals surface area contributed by atoms with Crippen molar-refractivity contribution < 1.29 is 9.59 Å². The summed E-state index contributed by atoms with van der Waals surface area (Å²) in [6, 6.07) is 8.29. The first-order valence-corrected chi connectivity index (χ1v) is 23.3. The summed E-state index contributed by atoms with van der Waals surface area (Å²) in [5.74, 6) is 0.455. The normalized spacial score (nSPS) is 11.6. The molecule has 0 heterocycles. The number of amides is 2. The largest absolute Gasteiger partial charge is 0.312 e. The topological polar surface area (TPSA) is 47.1 Å². The van der Waals surface area contributed by atoms with Gasteiger partial charge in [-0.1, -0.05) is 168 Å². The lowest BCUT2D eigenvalue weighted by molar-refractivity contribution is -0.119. The van der Waals surface area contributed by atoms with E-state index in [1.54, 1.807) is 0 Å². The highest BCUT2D eigenvalue weighted by Crippen LogP contribution is 2.24. The Morgan fingerprint density at radius 1 is 0.352 bits per heavy atom. The van der Waals surface area contributed by atoms with Crippen LogP contribution >= 0.6 is 0 Å². The molecule has 0 aliphatic rings. The second-order valence-corrected chi connectivity index (χ2v) is 16.9. The number of anilines is 2. The predicted octanol–water partition coefficient (Wildman–Crippen LogP) is 13.2. The van der Waals surface area contributed by atoms with E-state index in [9.17, 15) is 9.59 Å². The monoisotopic (exact) mass is 755 g/mol. The highest BCUT2D eigenvalue weighted by atomic mass is 16.2. The first-order valence-electron chi connectivity index (χ1n) is 23.3. The number of nitrogens with zero attached hydrogens (tertiary/aromatic N) is 4. The van der Waals surface area contributed by atoms with E-state index in [2.05, 4.69) is 76.1 Å². The molecule has 0 saturated carbocycles. The van der Waals surface area contributed by atoms with Gasteiger partial charge < -0.3 is 19.6 Å². The molecule has 0 bridgehead atoms. The Kier molecular flexibility index (Phi) is 32.9. The molecule has 0 N–H and O–H groups in total. The summed E-state index contributed by atoms with van der Waals surface area (Å²) in [4.78, 5) is 35.6. The Hall–Kier alpha value is -1.92. The number of rotatable bonds is 38. The molecule has 2 amide bonds. The van der Waals surface area contributed by atoms with Crippen LogP contribution in [0.5, 0.6) is 0 Å². The summed E-state index contributed by atoms with van der Waals surface area (Å²) in [5, 5.41) is 0. The van der Waals surface area contributed by atoms with Crippen molar-refractivity contribution in [3.05, 3.63) is 24.3 Å². The van der Waals surface area contributed by atoms with Crippen molar-refractivity contribution in [3.63, 3.8) is 0 Å². The number of hydrogen-bond acceptors (Lipinski definition) is 4. The average Bonchev–Trinajstić information content (AvgIpc) is 3.15. The van der Waals surface area contributed by atoms with Crippen LogP contribution in [0, 0.1) is 0 Å². The van der Waals surface area contributed by atoms with Crippen LogP contribution in [0.4, 0.5) is 11.4 Å². The molecular formula is C48H90N4O2. The van der Waals surface area contributed by atoms with Crippen molar-refractivity contribution in [2.24, 2.45) is 0 Å². The van der Waals surface area contributed by atoms with Gasteiger partial charge in [-0.15, -0.1) is 0 Å². The Balaban J connectivity index is 2.60. The molecule has 1 rings (SSSR count). The van der Waals surface area contributed by atoms with Crippen molar-refractivity contribution in [3.8, 4) is 0 Å². The van der Waals surface area contributed by atoms with Crippen molar-refractivity contribution in [2.75, 3.05) is 64.2 Å². The van der Waals surface area contributed by atoms with Gasteiger partial charge in [-0.25, -0.2) is 0 Å². The van der Waals surface area contributed by atoms with Gasteiger partial charge in [-0.2, -0.15) is 0 Å². The van der Waals surface area contributed by atoms with E-state index in [-0.39, 0.29) is 11.8 Å². The van der Waals surface area contributed by atoms with Gasteiger partial charge in [0.15, 0.2) is 0 Å². The minimum Gasteiger partial charge on any atom is -0.312 e. The van der Waals surface area contributed by atoms with Gasteiger partial charge in [0.05, 0.1) is 0 Å². The predicted molar refractivity (Wildman–Crippen MR) is 238 cm³/mol. The second kappa shape index (κ2) is 35.5. The maximum Gasteiger partial charge on any atom is 0.226 e. The SMILES string of the molecule is CCCCCCCCCCCCCCCC(=O)N(CCCN(C)C)c1ccc(N(CCCN(C)C)C(=O)CCCCCCCCCCCCCCC)cc1. The Bertz CT molecular complexity index is 916. The molecule has 0 spiro atoms. The third-order valence-electron chi connectivity index (χ3n) is 11.0. The van der Waals surface area contributed by atoms with Crippen molar-refractivity contribution in [2.45, 2.75) is 206 Å². The molecule has 0 fully saturated rings. The first kappa shape index (κ1) is 50.1. The average molecular weight is 755 g/mol. The fourth-order valence-electron chi connectivity index (χ4n) is 7.56. The van der Waals surface area contributed by atoms with Crippen LogP contribution in [0.15, 0.2) is 24.3 Å². The molecule has 0 unspecified atom stereocenters. The van der Waals surface area contributed by atoms with E-state index >= 15 is 0 Å². The zero-order valence-electron chi connectivity index (χ0n) is 37.0. The highest BCUT2D eigenvalue weighted by molar-refractivity contribution is 5.95. The second-order valence-electron chi connectivity index (χ2n) is 16.9. The summed E-state index contributed by atoms with van der Waals surface area (Å²) in [6.07, 6.45) is 37.2. The molecule has 0 aliphatic carbocycles. The maximum absolute atomic E-state index is 13.6. The van der Waals surface area contributed by atoms with Crippen LogP contribution in [0.25, 0.3) is 0 Å². The molecule has 6 heteroatoms. The lowest BCUT2D eigenvalue weighted by atomic mass is 10.0. The fourth-order valence-corrected chi connectivity index (χ4v) is 7.56. The van der Waals surface area contributed by atoms with Gasteiger partial charge in [0.1, 0.15) is 0 Å². The number of carbonyl (C=O) groups is 2. The zero-order valence-corrected chi connectivity index (χ0v) is 37.0. The van der Waals surface area contributed by atoms with Crippen molar-refractivity contribution >= 4 is 23.2 Å². The number of benzene rings is 1. The molecule has 54 heavy (non-hydrogen) atoms. The molecule has 6 nitrogen and oxygen atoms in total. The molecule has 0 atom stereocenters. The van der Waals surface area contributed by atoms with E-state index < -0.39 is 0 Å². The van der Waals surface area contributed by atoms with Crippen LogP contribution in [-0.2, 0) is 9.59 Å². The maximum atomic E-state index is 13.6. The van der Waals surface area contributed by atoms with Crippen molar-refractivity contribution in [1.29, 1.82) is 0 Å². The van der Waals surface area contributed by atoms with Crippen LogP contribution in [0.1, 0.15) is 206 Å². The zero-order chi connectivity index (χ0) is 39.5. The number of unbranched alkanes of at least 4 members (excludes halogenated alkanes) is 24. The van der Waals surface area contributed by atoms with Gasteiger partial charge in [-0.05, 0) is 91.2 Å². The third kappa shape index (κ3) is 27.6. The Morgan fingerprint density at radius 3 is 0.833 bits per heavy atom. The number of hydrogen-bond donors (Lipinski definition) is 0. The van der Waals surface area contributed by atoms with Crippen LogP contribution in [-0.4, -0.2) is 76.0 Å². The third-order valence-corrected chi connectivity index (χ3v) is 11.0. The smallest absolute Gasteiger partial charge is 0.226 e. The molecular weight excluding hydrogens is 665 g/mol. The molecule has 0 saturated heterocycles. The van der Waals surface area contributed by atoms with E-state index in [4.69, 9.17) is 0 Å². The fraction of sp³-hybridized carbons (Fsp3) is 0.833. The van der Waals surface area contributed by atoms with Crippen LogP contribution < -0.4 is 9.80 Å². The standard InChI is InChI=1S/C48H90N4O2/c1-7-9-11-13-15-17-19-21-23-25-27-29-31-35-47(53)51(43-33-41-49(3)4)45-37-39-46(40-38-45)52(44-34-42-50(5)6)48(54)36-32-30-28-26-24-22-20-18-16-14-12-10-8-2/h37-40H,7-36,41-44H2,1-6H3. The molecule has 0 aliphatic heterocycles. The quantitative estimate of drug-likeness (QED) is 0.0631. The summed E-state index contributed by atoms with van der Waals surface area (Å²) in [7, 11) is 8.37. The van der Waals surface area contributed by atoms with Gasteiger partial charge in [0, 0.05) is 37.3 Å². The van der Waals surface area contributed by atoms with Crippen molar-refractivity contribution in [1.82, 2.24) is 9.80 Å². The summed E-state index contributed by atoms with van der Waals surface area (Å²) in [6.45, 7) is 7.91.